The smallest absolute Gasteiger partial charge is 0.240 e. The lowest BCUT2D eigenvalue weighted by Crippen LogP contribution is -2.29. The second-order valence-corrected chi connectivity index (χ2v) is 4.93. The van der Waals surface area contributed by atoms with Crippen molar-refractivity contribution in [2.45, 2.75) is 25.8 Å². The minimum absolute atomic E-state index is 0.182. The maximum Gasteiger partial charge on any atom is 0.240 e. The average Bonchev–Trinajstić information content (AvgIpc) is 2.97. The zero-order valence-electron chi connectivity index (χ0n) is 11.2. The molecular weight excluding hydrogens is 259 g/mol. The van der Waals surface area contributed by atoms with Gasteiger partial charge in [0.1, 0.15) is 5.82 Å². The molecular formula is C14H17FN4O. The molecule has 2 heterocycles. The molecule has 0 unspecified atom stereocenters. The summed E-state index contributed by atoms with van der Waals surface area (Å²) in [6.07, 6.45) is 3.54. The van der Waals surface area contributed by atoms with Crippen LogP contribution in [0.1, 0.15) is 25.2 Å². The van der Waals surface area contributed by atoms with Gasteiger partial charge in [0, 0.05) is 24.3 Å². The standard InChI is InChI=1S/C14H17FN4O/c15-10-4-5-12(19-6-2-1-3-7-19)11(8-10)14-17-13(9-16)20-18-14/h4-5,8H,1-3,6-7,9,16H2. The third-order valence-electron chi connectivity index (χ3n) is 3.54. The van der Waals surface area contributed by atoms with Crippen LogP contribution in [0, 0.1) is 5.82 Å². The fraction of sp³-hybridized carbons (Fsp3) is 0.429. The van der Waals surface area contributed by atoms with Gasteiger partial charge in [-0.1, -0.05) is 5.16 Å². The number of halogens is 1. The van der Waals surface area contributed by atoms with E-state index in [0.29, 0.717) is 17.3 Å². The third-order valence-corrected chi connectivity index (χ3v) is 3.54. The highest BCUT2D eigenvalue weighted by Crippen LogP contribution is 2.31. The Labute approximate surface area is 116 Å². The van der Waals surface area contributed by atoms with E-state index < -0.39 is 0 Å². The van der Waals surface area contributed by atoms with Gasteiger partial charge in [-0.25, -0.2) is 4.39 Å². The van der Waals surface area contributed by atoms with E-state index in [2.05, 4.69) is 15.0 Å². The van der Waals surface area contributed by atoms with Gasteiger partial charge in [-0.15, -0.1) is 0 Å². The van der Waals surface area contributed by atoms with Gasteiger partial charge < -0.3 is 15.2 Å². The van der Waals surface area contributed by atoms with Crippen molar-refractivity contribution in [2.24, 2.45) is 5.73 Å². The van der Waals surface area contributed by atoms with Crippen LogP contribution >= 0.6 is 0 Å². The molecule has 0 amide bonds. The first kappa shape index (κ1) is 13.1. The lowest BCUT2D eigenvalue weighted by molar-refractivity contribution is 0.380. The van der Waals surface area contributed by atoms with E-state index >= 15 is 0 Å². The number of hydrogen-bond acceptors (Lipinski definition) is 5. The molecule has 1 aliphatic heterocycles. The fourth-order valence-corrected chi connectivity index (χ4v) is 2.55. The van der Waals surface area contributed by atoms with Crippen LogP contribution in [-0.2, 0) is 6.54 Å². The quantitative estimate of drug-likeness (QED) is 0.931. The Bertz CT molecular complexity index is 593. The lowest BCUT2D eigenvalue weighted by atomic mass is 10.1. The Kier molecular flexibility index (Phi) is 3.64. The van der Waals surface area contributed by atoms with Crippen LogP contribution in [0.5, 0.6) is 0 Å². The van der Waals surface area contributed by atoms with Gasteiger partial charge >= 0.3 is 0 Å². The zero-order valence-corrected chi connectivity index (χ0v) is 11.2. The molecule has 5 nitrogen and oxygen atoms in total. The van der Waals surface area contributed by atoms with E-state index in [0.717, 1.165) is 31.6 Å². The Morgan fingerprint density at radius 2 is 2.05 bits per heavy atom. The summed E-state index contributed by atoms with van der Waals surface area (Å²) in [7, 11) is 0. The largest absolute Gasteiger partial charge is 0.371 e. The van der Waals surface area contributed by atoms with Crippen molar-refractivity contribution in [3.05, 3.63) is 29.9 Å². The van der Waals surface area contributed by atoms with Crippen LogP contribution in [0.15, 0.2) is 22.7 Å². The molecule has 0 bridgehead atoms. The Hall–Kier alpha value is -1.95. The van der Waals surface area contributed by atoms with E-state index in [1.807, 2.05) is 0 Å². The summed E-state index contributed by atoms with van der Waals surface area (Å²) in [5.74, 6) is 0.444. The molecule has 0 spiro atoms. The van der Waals surface area contributed by atoms with Crippen molar-refractivity contribution in [1.29, 1.82) is 0 Å². The van der Waals surface area contributed by atoms with Crippen LogP contribution in [0.3, 0.4) is 0 Å². The van der Waals surface area contributed by atoms with Crippen LogP contribution in [0.4, 0.5) is 10.1 Å². The van der Waals surface area contributed by atoms with Crippen molar-refractivity contribution in [2.75, 3.05) is 18.0 Å². The lowest BCUT2D eigenvalue weighted by Gasteiger charge is -2.30. The molecule has 2 N–H and O–H groups in total. The van der Waals surface area contributed by atoms with Crippen molar-refractivity contribution in [3.63, 3.8) is 0 Å². The van der Waals surface area contributed by atoms with E-state index in [4.69, 9.17) is 10.3 Å². The maximum atomic E-state index is 13.6. The zero-order chi connectivity index (χ0) is 13.9. The number of nitrogens with two attached hydrogens (primary N) is 1. The van der Waals surface area contributed by atoms with E-state index in [1.165, 1.54) is 18.6 Å². The highest BCUT2D eigenvalue weighted by Gasteiger charge is 2.19. The number of hydrogen-bond donors (Lipinski definition) is 1. The molecule has 2 aromatic rings. The summed E-state index contributed by atoms with van der Waals surface area (Å²) in [6, 6.07) is 4.71. The molecule has 0 saturated carbocycles. The Morgan fingerprint density at radius 1 is 1.25 bits per heavy atom. The number of benzene rings is 1. The Morgan fingerprint density at radius 3 is 2.75 bits per heavy atom. The summed E-state index contributed by atoms with van der Waals surface area (Å²) < 4.78 is 18.6. The molecule has 1 aliphatic rings. The first-order valence-electron chi connectivity index (χ1n) is 6.85. The summed E-state index contributed by atoms with van der Waals surface area (Å²) in [5, 5.41) is 3.89. The number of rotatable bonds is 3. The van der Waals surface area contributed by atoms with Crippen LogP contribution in [0.2, 0.25) is 0 Å². The van der Waals surface area contributed by atoms with Crippen LogP contribution in [-0.4, -0.2) is 23.2 Å². The normalized spacial score (nSPS) is 15.6. The van der Waals surface area contributed by atoms with Gasteiger partial charge in [-0.05, 0) is 37.5 Å². The summed E-state index contributed by atoms with van der Waals surface area (Å²) >= 11 is 0. The summed E-state index contributed by atoms with van der Waals surface area (Å²) in [4.78, 5) is 6.45. The monoisotopic (exact) mass is 276 g/mol. The van der Waals surface area contributed by atoms with Gasteiger partial charge in [0.2, 0.25) is 11.7 Å². The van der Waals surface area contributed by atoms with Crippen molar-refractivity contribution < 1.29 is 8.91 Å². The minimum Gasteiger partial charge on any atom is -0.371 e. The number of piperidine rings is 1. The van der Waals surface area contributed by atoms with Crippen molar-refractivity contribution in [1.82, 2.24) is 10.1 Å². The number of anilines is 1. The highest BCUT2D eigenvalue weighted by molar-refractivity contribution is 5.74. The molecule has 106 valence electrons. The number of nitrogens with zero attached hydrogens (tertiary/aromatic N) is 3. The summed E-state index contributed by atoms with van der Waals surface area (Å²) in [6.45, 7) is 2.13. The number of aromatic nitrogens is 2. The first-order valence-corrected chi connectivity index (χ1v) is 6.85. The molecule has 0 radical (unpaired) electrons. The molecule has 6 heteroatoms. The van der Waals surface area contributed by atoms with Crippen LogP contribution < -0.4 is 10.6 Å². The predicted octanol–water partition coefficient (Wildman–Crippen LogP) is 2.32. The molecule has 1 aromatic heterocycles. The average molecular weight is 276 g/mol. The molecule has 0 aliphatic carbocycles. The summed E-state index contributed by atoms with van der Waals surface area (Å²) in [5.41, 5.74) is 7.09. The fourth-order valence-electron chi connectivity index (χ4n) is 2.55. The molecule has 0 atom stereocenters. The van der Waals surface area contributed by atoms with Gasteiger partial charge in [0.15, 0.2) is 0 Å². The van der Waals surface area contributed by atoms with Gasteiger partial charge in [-0.3, -0.25) is 0 Å². The van der Waals surface area contributed by atoms with Crippen molar-refractivity contribution >= 4 is 5.69 Å². The van der Waals surface area contributed by atoms with Gasteiger partial charge in [0.05, 0.1) is 6.54 Å². The van der Waals surface area contributed by atoms with Crippen LogP contribution in [0.25, 0.3) is 11.4 Å². The predicted molar refractivity (Wildman–Crippen MR) is 73.6 cm³/mol. The first-order chi connectivity index (χ1) is 9.78. The third kappa shape index (κ3) is 2.51. The van der Waals surface area contributed by atoms with E-state index in [-0.39, 0.29) is 12.4 Å². The molecule has 1 aromatic carbocycles. The molecule has 1 fully saturated rings. The van der Waals surface area contributed by atoms with Gasteiger partial charge in [-0.2, -0.15) is 4.98 Å². The minimum atomic E-state index is -0.306. The van der Waals surface area contributed by atoms with Crippen molar-refractivity contribution in [3.8, 4) is 11.4 Å². The topological polar surface area (TPSA) is 68.2 Å². The highest BCUT2D eigenvalue weighted by atomic mass is 19.1. The second kappa shape index (κ2) is 5.58. The molecule has 20 heavy (non-hydrogen) atoms. The SMILES string of the molecule is NCc1nc(-c2cc(F)ccc2N2CCCCC2)no1. The van der Waals surface area contributed by atoms with E-state index in [9.17, 15) is 4.39 Å². The van der Waals surface area contributed by atoms with Gasteiger partial charge in [0.25, 0.3) is 0 Å². The maximum absolute atomic E-state index is 13.6. The molecule has 1 saturated heterocycles. The second-order valence-electron chi connectivity index (χ2n) is 4.93. The molecule has 3 rings (SSSR count). The Balaban J connectivity index is 2.01. The van der Waals surface area contributed by atoms with E-state index in [1.54, 1.807) is 6.07 Å².